The first kappa shape index (κ1) is 17.4. The number of fused-ring (bicyclic) bond motifs is 2. The van der Waals surface area contributed by atoms with Crippen LogP contribution in [0.5, 0.6) is 0 Å². The zero-order valence-electron chi connectivity index (χ0n) is 13.7. The molecular weight excluding hydrogens is 327 g/mol. The van der Waals surface area contributed by atoms with Gasteiger partial charge >= 0.3 is 0 Å². The molecule has 0 spiro atoms. The molecule has 2 aliphatic heterocycles. The van der Waals surface area contributed by atoms with Crippen LogP contribution in [0.3, 0.4) is 0 Å². The Labute approximate surface area is 148 Å². The number of aromatic nitrogens is 2. The molecule has 24 heavy (non-hydrogen) atoms. The van der Waals surface area contributed by atoms with Crippen LogP contribution in [0, 0.1) is 5.82 Å². The lowest BCUT2D eigenvalue weighted by atomic mass is 10.1. The number of halogens is 2. The van der Waals surface area contributed by atoms with Crippen LogP contribution in [0.4, 0.5) is 4.39 Å². The monoisotopic (exact) mass is 350 g/mol. The van der Waals surface area contributed by atoms with E-state index in [9.17, 15) is 4.39 Å². The highest BCUT2D eigenvalue weighted by Crippen LogP contribution is 2.21. The van der Waals surface area contributed by atoms with Gasteiger partial charge in [0, 0.05) is 43.5 Å². The third-order valence-corrected chi connectivity index (χ3v) is 4.96. The van der Waals surface area contributed by atoms with E-state index < -0.39 is 0 Å². The molecule has 2 fully saturated rings. The summed E-state index contributed by atoms with van der Waals surface area (Å²) in [5, 5.41) is 8.17. The molecule has 0 amide bonds. The maximum absolute atomic E-state index is 13.0. The molecule has 1 aromatic carbocycles. The average molecular weight is 351 g/mol. The molecule has 1 aromatic heterocycles. The molecule has 130 valence electrons. The van der Waals surface area contributed by atoms with Crippen molar-refractivity contribution in [3.8, 4) is 0 Å². The van der Waals surface area contributed by atoms with Gasteiger partial charge in [-0.25, -0.2) is 4.39 Å². The minimum absolute atomic E-state index is 0. The Morgan fingerprint density at radius 2 is 1.83 bits per heavy atom. The van der Waals surface area contributed by atoms with Crippen molar-refractivity contribution in [2.45, 2.75) is 44.4 Å². The van der Waals surface area contributed by atoms with E-state index in [-0.39, 0.29) is 18.2 Å². The van der Waals surface area contributed by atoms with Crippen LogP contribution >= 0.6 is 12.4 Å². The highest BCUT2D eigenvalue weighted by atomic mass is 35.5. The Kier molecular flexibility index (Phi) is 5.54. The van der Waals surface area contributed by atoms with Crippen LogP contribution in [0.15, 0.2) is 36.7 Å². The molecule has 2 aliphatic rings. The predicted molar refractivity (Wildman–Crippen MR) is 94.8 cm³/mol. The van der Waals surface area contributed by atoms with E-state index in [0.717, 1.165) is 31.2 Å². The molecule has 6 heteroatoms. The molecule has 2 saturated heterocycles. The topological polar surface area (TPSA) is 33.1 Å². The zero-order chi connectivity index (χ0) is 15.6. The largest absolute Gasteiger partial charge is 0.310 e. The normalized spacial score (nSPS) is 23.7. The van der Waals surface area contributed by atoms with Crippen LogP contribution in [0.1, 0.15) is 30.4 Å². The summed E-state index contributed by atoms with van der Waals surface area (Å²) in [6.45, 7) is 3.96. The first-order valence-electron chi connectivity index (χ1n) is 8.49. The van der Waals surface area contributed by atoms with Crippen LogP contribution < -0.4 is 5.32 Å². The third kappa shape index (κ3) is 4.15. The van der Waals surface area contributed by atoms with E-state index >= 15 is 0 Å². The minimum atomic E-state index is -0.195. The van der Waals surface area contributed by atoms with Crippen molar-refractivity contribution >= 4 is 12.4 Å². The summed E-state index contributed by atoms with van der Waals surface area (Å²) in [7, 11) is 0. The lowest BCUT2D eigenvalue weighted by molar-refractivity contribution is 0.251. The van der Waals surface area contributed by atoms with Gasteiger partial charge in [0.15, 0.2) is 0 Å². The van der Waals surface area contributed by atoms with Gasteiger partial charge in [-0.15, -0.1) is 12.4 Å². The van der Waals surface area contributed by atoms with Crippen LogP contribution in [0.2, 0.25) is 0 Å². The molecule has 4 nitrogen and oxygen atoms in total. The van der Waals surface area contributed by atoms with Crippen molar-refractivity contribution in [1.29, 1.82) is 0 Å². The first-order chi connectivity index (χ1) is 11.2. The van der Waals surface area contributed by atoms with Crippen molar-refractivity contribution in [2.75, 3.05) is 13.1 Å². The maximum atomic E-state index is 13.0. The summed E-state index contributed by atoms with van der Waals surface area (Å²) in [5.74, 6) is -0.195. The predicted octanol–water partition coefficient (Wildman–Crippen LogP) is 2.82. The molecule has 0 aliphatic carbocycles. The van der Waals surface area contributed by atoms with E-state index in [2.05, 4.69) is 21.5 Å². The number of rotatable bonds is 4. The molecule has 1 N–H and O–H groups in total. The summed E-state index contributed by atoms with van der Waals surface area (Å²) in [6, 6.07) is 8.02. The lowest BCUT2D eigenvalue weighted by Crippen LogP contribution is -2.34. The molecule has 4 rings (SSSR count). The van der Waals surface area contributed by atoms with Gasteiger partial charge in [0.1, 0.15) is 5.82 Å². The molecule has 0 saturated carbocycles. The Hall–Kier alpha value is -1.43. The van der Waals surface area contributed by atoms with Crippen molar-refractivity contribution in [3.63, 3.8) is 0 Å². The molecule has 2 atom stereocenters. The SMILES string of the molecule is Cl.Fc1ccc(Cn2cc(CN3CCC4CCC(C3)N4)cn2)cc1. The number of hydrogen-bond donors (Lipinski definition) is 1. The lowest BCUT2D eigenvalue weighted by Gasteiger charge is -2.23. The van der Waals surface area contributed by atoms with Crippen molar-refractivity contribution < 1.29 is 4.39 Å². The summed E-state index contributed by atoms with van der Waals surface area (Å²) < 4.78 is 14.9. The van der Waals surface area contributed by atoms with E-state index in [0.29, 0.717) is 12.6 Å². The zero-order valence-corrected chi connectivity index (χ0v) is 14.5. The number of likely N-dealkylation sites (tertiary alicyclic amines) is 1. The molecule has 3 heterocycles. The first-order valence-corrected chi connectivity index (χ1v) is 8.49. The maximum Gasteiger partial charge on any atom is 0.123 e. The molecule has 0 radical (unpaired) electrons. The van der Waals surface area contributed by atoms with E-state index in [4.69, 9.17) is 0 Å². The van der Waals surface area contributed by atoms with Crippen molar-refractivity contribution in [1.82, 2.24) is 20.0 Å². The molecule has 2 bridgehead atoms. The second-order valence-corrected chi connectivity index (χ2v) is 6.83. The Balaban J connectivity index is 0.00000169. The van der Waals surface area contributed by atoms with Gasteiger partial charge in [0.2, 0.25) is 0 Å². The van der Waals surface area contributed by atoms with Gasteiger partial charge in [-0.2, -0.15) is 5.10 Å². The minimum Gasteiger partial charge on any atom is -0.310 e. The fourth-order valence-corrected chi connectivity index (χ4v) is 3.77. The van der Waals surface area contributed by atoms with Gasteiger partial charge < -0.3 is 5.32 Å². The summed E-state index contributed by atoms with van der Waals surface area (Å²) in [4.78, 5) is 2.54. The molecule has 2 aromatic rings. The second kappa shape index (κ2) is 7.64. The van der Waals surface area contributed by atoms with Gasteiger partial charge in [-0.1, -0.05) is 12.1 Å². The van der Waals surface area contributed by atoms with Gasteiger partial charge in [-0.3, -0.25) is 9.58 Å². The van der Waals surface area contributed by atoms with Crippen molar-refractivity contribution in [2.24, 2.45) is 0 Å². The van der Waals surface area contributed by atoms with Crippen LogP contribution in [-0.2, 0) is 13.1 Å². The number of hydrogen-bond acceptors (Lipinski definition) is 3. The second-order valence-electron chi connectivity index (χ2n) is 6.83. The van der Waals surface area contributed by atoms with Gasteiger partial charge in [0.05, 0.1) is 12.7 Å². The third-order valence-electron chi connectivity index (χ3n) is 4.96. The van der Waals surface area contributed by atoms with Gasteiger partial charge in [-0.05, 0) is 37.0 Å². The number of benzene rings is 1. The van der Waals surface area contributed by atoms with E-state index in [1.807, 2.05) is 23.0 Å². The van der Waals surface area contributed by atoms with Crippen LogP contribution in [0.25, 0.3) is 0 Å². The summed E-state index contributed by atoms with van der Waals surface area (Å²) >= 11 is 0. The quantitative estimate of drug-likeness (QED) is 0.920. The van der Waals surface area contributed by atoms with Gasteiger partial charge in [0.25, 0.3) is 0 Å². The van der Waals surface area contributed by atoms with E-state index in [1.165, 1.54) is 37.0 Å². The number of nitrogens with zero attached hydrogens (tertiary/aromatic N) is 3. The Bertz CT molecular complexity index is 657. The molecule has 2 unspecified atom stereocenters. The highest BCUT2D eigenvalue weighted by molar-refractivity contribution is 5.85. The fourth-order valence-electron chi connectivity index (χ4n) is 3.77. The smallest absolute Gasteiger partial charge is 0.123 e. The fraction of sp³-hybridized carbons (Fsp3) is 0.500. The highest BCUT2D eigenvalue weighted by Gasteiger charge is 2.29. The summed E-state index contributed by atoms with van der Waals surface area (Å²) in [6.07, 6.45) is 7.97. The standard InChI is InChI=1S/C18H23FN4.ClH/c19-16-3-1-14(2-4-16)11-23-12-15(9-20-23)10-22-8-7-17-5-6-18(13-22)21-17;/h1-4,9,12,17-18,21H,5-8,10-11,13H2;1H. The van der Waals surface area contributed by atoms with Crippen molar-refractivity contribution in [3.05, 3.63) is 53.6 Å². The summed E-state index contributed by atoms with van der Waals surface area (Å²) in [5.41, 5.74) is 2.32. The number of nitrogens with one attached hydrogen (secondary N) is 1. The Morgan fingerprint density at radius 3 is 2.67 bits per heavy atom. The average Bonchev–Trinajstić information content (AvgIpc) is 3.10. The molecular formula is C18H24ClFN4. The van der Waals surface area contributed by atoms with E-state index in [1.54, 1.807) is 0 Å². The van der Waals surface area contributed by atoms with Crippen LogP contribution in [-0.4, -0.2) is 39.9 Å². The Morgan fingerprint density at radius 1 is 1.04 bits per heavy atom.